The number of hydrogen-bond donors (Lipinski definition) is 1. The zero-order valence-electron chi connectivity index (χ0n) is 10.4. The van der Waals surface area contributed by atoms with Crippen LogP contribution in [-0.4, -0.2) is 11.2 Å². The van der Waals surface area contributed by atoms with E-state index in [1.807, 2.05) is 0 Å². The molecule has 0 heterocycles. The van der Waals surface area contributed by atoms with Gasteiger partial charge in [-0.25, -0.2) is 0 Å². The van der Waals surface area contributed by atoms with Gasteiger partial charge in [-0.05, 0) is 37.5 Å². The highest BCUT2D eigenvalue weighted by molar-refractivity contribution is 4.69. The van der Waals surface area contributed by atoms with E-state index in [2.05, 4.69) is 27.7 Å². The fraction of sp³-hybridized carbons (Fsp3) is 1.00. The normalized spacial score (nSPS) is 13.9. The molecule has 0 bridgehead atoms. The van der Waals surface area contributed by atoms with Gasteiger partial charge in [-0.1, -0.05) is 40.5 Å². The molecule has 0 aromatic heterocycles. The van der Waals surface area contributed by atoms with Crippen molar-refractivity contribution in [1.82, 2.24) is 0 Å². The first-order chi connectivity index (χ1) is 6.61. The van der Waals surface area contributed by atoms with Gasteiger partial charge in [0.15, 0.2) is 0 Å². The van der Waals surface area contributed by atoms with Gasteiger partial charge in [0.25, 0.3) is 0 Å². The summed E-state index contributed by atoms with van der Waals surface area (Å²) in [7, 11) is 0. The highest BCUT2D eigenvalue weighted by Gasteiger charge is 2.17. The molecule has 0 rings (SSSR count). The van der Waals surface area contributed by atoms with Crippen LogP contribution in [0.15, 0.2) is 0 Å². The van der Waals surface area contributed by atoms with Crippen molar-refractivity contribution < 1.29 is 5.11 Å². The fourth-order valence-electron chi connectivity index (χ4n) is 2.01. The van der Waals surface area contributed by atoms with Crippen LogP contribution in [0.2, 0.25) is 0 Å². The number of hydrogen-bond acceptors (Lipinski definition) is 1. The van der Waals surface area contributed by atoms with Crippen LogP contribution in [0.1, 0.15) is 66.2 Å². The molecule has 0 amide bonds. The van der Waals surface area contributed by atoms with Gasteiger partial charge < -0.3 is 5.11 Å². The van der Waals surface area contributed by atoms with Crippen LogP contribution in [0, 0.1) is 11.8 Å². The Morgan fingerprint density at radius 2 is 1.36 bits per heavy atom. The minimum atomic E-state index is -0.0581. The van der Waals surface area contributed by atoms with Crippen molar-refractivity contribution in [2.24, 2.45) is 11.8 Å². The first-order valence-electron chi connectivity index (χ1n) is 6.29. The van der Waals surface area contributed by atoms with Crippen LogP contribution in [0.3, 0.4) is 0 Å². The van der Waals surface area contributed by atoms with E-state index >= 15 is 0 Å². The highest BCUT2D eigenvalue weighted by atomic mass is 16.3. The predicted molar refractivity (Wildman–Crippen MR) is 63.4 cm³/mol. The molecule has 0 saturated carbocycles. The van der Waals surface area contributed by atoms with Crippen LogP contribution < -0.4 is 0 Å². The first kappa shape index (κ1) is 14.0. The summed E-state index contributed by atoms with van der Waals surface area (Å²) in [6, 6.07) is 0. The molecular formula is C13H28O. The van der Waals surface area contributed by atoms with E-state index in [0.717, 1.165) is 12.8 Å². The van der Waals surface area contributed by atoms with E-state index in [9.17, 15) is 5.11 Å². The van der Waals surface area contributed by atoms with Gasteiger partial charge >= 0.3 is 0 Å². The first-order valence-corrected chi connectivity index (χ1v) is 6.29. The van der Waals surface area contributed by atoms with E-state index in [1.165, 1.54) is 25.7 Å². The molecule has 0 aromatic rings. The van der Waals surface area contributed by atoms with E-state index < -0.39 is 0 Å². The highest BCUT2D eigenvalue weighted by Crippen LogP contribution is 2.22. The summed E-state index contributed by atoms with van der Waals surface area (Å²) in [6.07, 6.45) is 6.86. The van der Waals surface area contributed by atoms with Gasteiger partial charge in [-0.2, -0.15) is 0 Å². The Hall–Kier alpha value is -0.0400. The zero-order chi connectivity index (χ0) is 11.0. The van der Waals surface area contributed by atoms with Gasteiger partial charge in [-0.3, -0.25) is 0 Å². The molecule has 0 aliphatic heterocycles. The molecule has 1 atom stereocenters. The number of aliphatic hydroxyl groups is 1. The molecule has 0 aliphatic carbocycles. The maximum atomic E-state index is 10.0. The van der Waals surface area contributed by atoms with Gasteiger partial charge in [0, 0.05) is 0 Å². The summed E-state index contributed by atoms with van der Waals surface area (Å²) in [5.41, 5.74) is 0. The van der Waals surface area contributed by atoms with E-state index in [1.54, 1.807) is 0 Å². The van der Waals surface area contributed by atoms with Crippen molar-refractivity contribution in [1.29, 1.82) is 0 Å². The molecule has 0 fully saturated rings. The Balaban J connectivity index is 3.81. The maximum Gasteiger partial charge on any atom is 0.0568 e. The van der Waals surface area contributed by atoms with Crippen molar-refractivity contribution in [2.75, 3.05) is 0 Å². The fourth-order valence-corrected chi connectivity index (χ4v) is 2.01. The largest absolute Gasteiger partial charge is 0.393 e. The lowest BCUT2D eigenvalue weighted by atomic mass is 9.88. The molecule has 0 aliphatic rings. The Kier molecular flexibility index (Phi) is 8.26. The second-order valence-corrected chi connectivity index (χ2v) is 4.88. The molecular weight excluding hydrogens is 172 g/mol. The summed E-state index contributed by atoms with van der Waals surface area (Å²) in [5.74, 6) is 1.26. The van der Waals surface area contributed by atoms with E-state index in [-0.39, 0.29) is 6.10 Å². The molecule has 1 heteroatoms. The van der Waals surface area contributed by atoms with Crippen molar-refractivity contribution >= 4 is 0 Å². The Labute approximate surface area is 89.9 Å². The standard InChI is InChI=1S/C13H28O/c1-5-7-12(8-6-2)13(14)10-9-11(3)4/h11-14H,5-10H2,1-4H3. The molecule has 1 unspecified atom stereocenters. The summed E-state index contributed by atoms with van der Waals surface area (Å²) in [4.78, 5) is 0. The summed E-state index contributed by atoms with van der Waals surface area (Å²) >= 11 is 0. The van der Waals surface area contributed by atoms with Crippen molar-refractivity contribution in [2.45, 2.75) is 72.3 Å². The van der Waals surface area contributed by atoms with Crippen molar-refractivity contribution in [3.8, 4) is 0 Å². The summed E-state index contributed by atoms with van der Waals surface area (Å²) in [6.45, 7) is 8.86. The minimum absolute atomic E-state index is 0.0581. The predicted octanol–water partition coefficient (Wildman–Crippen LogP) is 4.00. The smallest absolute Gasteiger partial charge is 0.0568 e. The van der Waals surface area contributed by atoms with Gasteiger partial charge in [0.2, 0.25) is 0 Å². The molecule has 0 radical (unpaired) electrons. The van der Waals surface area contributed by atoms with Gasteiger partial charge in [0.1, 0.15) is 0 Å². The third kappa shape index (κ3) is 6.42. The lowest BCUT2D eigenvalue weighted by molar-refractivity contribution is 0.0826. The molecule has 0 spiro atoms. The van der Waals surface area contributed by atoms with Gasteiger partial charge in [-0.15, -0.1) is 0 Å². The number of rotatable bonds is 8. The second kappa shape index (κ2) is 8.28. The lowest BCUT2D eigenvalue weighted by Gasteiger charge is -2.22. The lowest BCUT2D eigenvalue weighted by Crippen LogP contribution is -2.20. The molecule has 0 saturated heterocycles. The Morgan fingerprint density at radius 1 is 0.857 bits per heavy atom. The van der Waals surface area contributed by atoms with Crippen LogP contribution in [0.25, 0.3) is 0 Å². The Bertz CT molecular complexity index is 114. The average Bonchev–Trinajstić information content (AvgIpc) is 2.14. The van der Waals surface area contributed by atoms with E-state index in [4.69, 9.17) is 0 Å². The third-order valence-electron chi connectivity index (χ3n) is 2.90. The molecule has 1 N–H and O–H groups in total. The summed E-state index contributed by atoms with van der Waals surface area (Å²) in [5, 5.41) is 10.0. The Morgan fingerprint density at radius 3 is 1.71 bits per heavy atom. The zero-order valence-corrected chi connectivity index (χ0v) is 10.4. The number of aliphatic hydroxyl groups excluding tert-OH is 1. The topological polar surface area (TPSA) is 20.2 Å². The quantitative estimate of drug-likeness (QED) is 0.628. The van der Waals surface area contributed by atoms with Crippen molar-refractivity contribution in [3.63, 3.8) is 0 Å². The SMILES string of the molecule is CCCC(CCC)C(O)CCC(C)C. The van der Waals surface area contributed by atoms with Crippen LogP contribution in [-0.2, 0) is 0 Å². The minimum Gasteiger partial charge on any atom is -0.393 e. The monoisotopic (exact) mass is 200 g/mol. The molecule has 0 aromatic carbocycles. The van der Waals surface area contributed by atoms with Crippen LogP contribution in [0.5, 0.6) is 0 Å². The molecule has 86 valence electrons. The maximum absolute atomic E-state index is 10.0. The third-order valence-corrected chi connectivity index (χ3v) is 2.90. The molecule has 14 heavy (non-hydrogen) atoms. The second-order valence-electron chi connectivity index (χ2n) is 4.88. The van der Waals surface area contributed by atoms with Gasteiger partial charge in [0.05, 0.1) is 6.10 Å². The van der Waals surface area contributed by atoms with Crippen LogP contribution >= 0.6 is 0 Å². The van der Waals surface area contributed by atoms with Crippen molar-refractivity contribution in [3.05, 3.63) is 0 Å². The average molecular weight is 200 g/mol. The van der Waals surface area contributed by atoms with Crippen LogP contribution in [0.4, 0.5) is 0 Å². The molecule has 1 nitrogen and oxygen atoms in total. The summed E-state index contributed by atoms with van der Waals surface area (Å²) < 4.78 is 0. The van der Waals surface area contributed by atoms with E-state index in [0.29, 0.717) is 11.8 Å².